The van der Waals surface area contributed by atoms with Crippen LogP contribution < -0.4 is 9.54 Å². The summed E-state index contributed by atoms with van der Waals surface area (Å²) in [5, 5.41) is 11.3. The van der Waals surface area contributed by atoms with E-state index in [-0.39, 0.29) is 17.0 Å². The number of carbonyl (C=O) groups is 1. The number of nitro benzene ring substituents is 1. The first kappa shape index (κ1) is 22.4. The van der Waals surface area contributed by atoms with Gasteiger partial charge in [-0.2, -0.15) is 4.99 Å². The van der Waals surface area contributed by atoms with Crippen molar-refractivity contribution < 1.29 is 14.5 Å². The molecule has 7 nitrogen and oxygen atoms in total. The van der Waals surface area contributed by atoms with E-state index in [0.717, 1.165) is 24.1 Å². The molecule has 1 amide bonds. The van der Waals surface area contributed by atoms with E-state index in [0.29, 0.717) is 11.3 Å². The molecule has 0 aliphatic heterocycles. The Bertz CT molecular complexity index is 1180. The van der Waals surface area contributed by atoms with Gasteiger partial charge in [0.15, 0.2) is 10.6 Å². The third-order valence-corrected chi connectivity index (χ3v) is 6.06. The van der Waals surface area contributed by atoms with Gasteiger partial charge >= 0.3 is 5.69 Å². The van der Waals surface area contributed by atoms with Crippen LogP contribution >= 0.6 is 11.3 Å². The third kappa shape index (κ3) is 4.74. The number of nitrogens with zero attached hydrogens (tertiary/aromatic N) is 3. The molecule has 0 aliphatic rings. The molecule has 31 heavy (non-hydrogen) atoms. The molecule has 0 spiro atoms. The first-order valence-electron chi connectivity index (χ1n) is 10.1. The lowest BCUT2D eigenvalue weighted by Gasteiger charge is -2.09. The Morgan fingerprint density at radius 1 is 1.19 bits per heavy atom. The zero-order valence-electron chi connectivity index (χ0n) is 18.0. The summed E-state index contributed by atoms with van der Waals surface area (Å²) in [6, 6.07) is 12.4. The van der Waals surface area contributed by atoms with E-state index in [2.05, 4.69) is 36.2 Å². The lowest BCUT2D eigenvalue weighted by molar-refractivity contribution is -0.385. The molecule has 3 rings (SSSR count). The normalized spacial score (nSPS) is 11.5. The molecule has 0 saturated heterocycles. The number of thiazole rings is 1. The number of aromatic nitrogens is 1. The Morgan fingerprint density at radius 2 is 1.90 bits per heavy atom. The fourth-order valence-electron chi connectivity index (χ4n) is 3.38. The Hall–Kier alpha value is -3.26. The predicted molar refractivity (Wildman–Crippen MR) is 122 cm³/mol. The van der Waals surface area contributed by atoms with Gasteiger partial charge in [0.2, 0.25) is 0 Å². The van der Waals surface area contributed by atoms with Crippen LogP contribution in [-0.4, -0.2) is 22.5 Å². The van der Waals surface area contributed by atoms with Crippen LogP contribution in [0.25, 0.3) is 11.3 Å². The Labute approximate surface area is 184 Å². The van der Waals surface area contributed by atoms with Crippen LogP contribution in [0, 0.1) is 17.0 Å². The zero-order valence-corrected chi connectivity index (χ0v) is 18.9. The fraction of sp³-hybridized carbons (Fsp3) is 0.304. The fourth-order valence-corrected chi connectivity index (χ4v) is 4.69. The van der Waals surface area contributed by atoms with Crippen molar-refractivity contribution in [3.8, 4) is 17.0 Å². The van der Waals surface area contributed by atoms with E-state index >= 15 is 0 Å². The van der Waals surface area contributed by atoms with E-state index < -0.39 is 10.8 Å². The lowest BCUT2D eigenvalue weighted by Crippen LogP contribution is -2.17. The molecule has 1 heterocycles. The molecule has 0 fully saturated rings. The molecule has 0 N–H and O–H groups in total. The van der Waals surface area contributed by atoms with E-state index in [1.54, 1.807) is 0 Å². The van der Waals surface area contributed by atoms with E-state index in [4.69, 9.17) is 4.74 Å². The summed E-state index contributed by atoms with van der Waals surface area (Å²) in [7, 11) is 1.35. The van der Waals surface area contributed by atoms with Crippen molar-refractivity contribution >= 4 is 22.9 Å². The highest BCUT2D eigenvalue weighted by Gasteiger charge is 2.19. The van der Waals surface area contributed by atoms with E-state index in [1.165, 1.54) is 47.1 Å². The number of rotatable bonds is 7. The van der Waals surface area contributed by atoms with Crippen molar-refractivity contribution in [2.45, 2.75) is 40.2 Å². The second kappa shape index (κ2) is 9.70. The maximum Gasteiger partial charge on any atom is 0.311 e. The average molecular weight is 440 g/mol. The molecule has 0 aliphatic carbocycles. The highest BCUT2D eigenvalue weighted by molar-refractivity contribution is 7.09. The molecule has 0 bridgehead atoms. The highest BCUT2D eigenvalue weighted by atomic mass is 32.1. The van der Waals surface area contributed by atoms with Crippen LogP contribution in [0.3, 0.4) is 0 Å². The number of hydrogen-bond acceptors (Lipinski definition) is 5. The van der Waals surface area contributed by atoms with Gasteiger partial charge in [-0.15, -0.1) is 11.3 Å². The number of methoxy groups -OCH3 is 1. The molecule has 0 saturated carbocycles. The Balaban J connectivity index is 2.13. The first-order chi connectivity index (χ1) is 14.9. The van der Waals surface area contributed by atoms with Gasteiger partial charge in [-0.3, -0.25) is 14.9 Å². The summed E-state index contributed by atoms with van der Waals surface area (Å²) >= 11 is 1.49. The van der Waals surface area contributed by atoms with Gasteiger partial charge in [-0.25, -0.2) is 0 Å². The number of hydrogen-bond donors (Lipinski definition) is 0. The molecule has 0 unspecified atom stereocenters. The topological polar surface area (TPSA) is 86.7 Å². The quantitative estimate of drug-likeness (QED) is 0.376. The second-order valence-corrected chi connectivity index (χ2v) is 8.14. The number of ether oxygens (including phenoxy) is 1. The number of amides is 1. The smallest absolute Gasteiger partial charge is 0.311 e. The summed E-state index contributed by atoms with van der Waals surface area (Å²) in [4.78, 5) is 29.7. The standard InChI is InChI=1S/C23H25N3O4S/c1-5-7-20-21(16-10-8-15(3)9-11-16)25(6-2)23(31-20)24-22(27)17-12-13-19(30-4)18(14-17)26(28)29/h8-14H,5-7H2,1-4H3. The zero-order chi connectivity index (χ0) is 22.5. The van der Waals surface area contributed by atoms with Gasteiger partial charge < -0.3 is 9.30 Å². The summed E-state index contributed by atoms with van der Waals surface area (Å²) in [5.74, 6) is -0.416. The minimum absolute atomic E-state index is 0.105. The van der Waals surface area contributed by atoms with Crippen LogP contribution in [0.5, 0.6) is 5.75 Å². The molecule has 1 aromatic heterocycles. The van der Waals surface area contributed by atoms with Gasteiger partial charge in [0, 0.05) is 23.1 Å². The van der Waals surface area contributed by atoms with Crippen LogP contribution in [0.15, 0.2) is 47.5 Å². The number of carbonyl (C=O) groups excluding carboxylic acids is 1. The molecule has 0 radical (unpaired) electrons. The summed E-state index contributed by atoms with van der Waals surface area (Å²) in [6.07, 6.45) is 1.85. The third-order valence-electron chi connectivity index (χ3n) is 4.92. The molecular weight excluding hydrogens is 414 g/mol. The van der Waals surface area contributed by atoms with Gasteiger partial charge in [-0.05, 0) is 38.0 Å². The van der Waals surface area contributed by atoms with Crippen molar-refractivity contribution in [1.82, 2.24) is 4.57 Å². The summed E-state index contributed by atoms with van der Waals surface area (Å²) in [6.45, 7) is 6.83. The molecule has 0 atom stereocenters. The maximum atomic E-state index is 12.9. The van der Waals surface area contributed by atoms with Crippen LogP contribution in [0.4, 0.5) is 5.69 Å². The molecule has 8 heteroatoms. The number of aryl methyl sites for hydroxylation is 2. The van der Waals surface area contributed by atoms with Gasteiger partial charge in [-0.1, -0.05) is 43.2 Å². The predicted octanol–water partition coefficient (Wildman–Crippen LogP) is 5.16. The number of nitro groups is 1. The molecule has 162 valence electrons. The van der Waals surface area contributed by atoms with E-state index in [9.17, 15) is 14.9 Å². The second-order valence-electron chi connectivity index (χ2n) is 7.08. The molecular formula is C23H25N3O4S. The largest absolute Gasteiger partial charge is 0.490 e. The van der Waals surface area contributed by atoms with Crippen molar-refractivity contribution in [3.05, 3.63) is 73.4 Å². The first-order valence-corrected chi connectivity index (χ1v) is 10.9. The lowest BCUT2D eigenvalue weighted by atomic mass is 10.1. The minimum Gasteiger partial charge on any atom is -0.490 e. The minimum atomic E-state index is -0.568. The van der Waals surface area contributed by atoms with Crippen LogP contribution in [0.2, 0.25) is 0 Å². The van der Waals surface area contributed by atoms with E-state index in [1.807, 2.05) is 18.4 Å². The van der Waals surface area contributed by atoms with Crippen molar-refractivity contribution in [1.29, 1.82) is 0 Å². The molecule has 2 aromatic carbocycles. The highest BCUT2D eigenvalue weighted by Crippen LogP contribution is 2.29. The monoisotopic (exact) mass is 439 g/mol. The summed E-state index contributed by atoms with van der Waals surface area (Å²) < 4.78 is 7.05. The average Bonchev–Trinajstić information content (AvgIpc) is 3.10. The van der Waals surface area contributed by atoms with Gasteiger partial charge in [0.05, 0.1) is 17.7 Å². The van der Waals surface area contributed by atoms with Gasteiger partial charge in [0.1, 0.15) is 0 Å². The molecule has 3 aromatic rings. The van der Waals surface area contributed by atoms with Crippen LogP contribution in [0.1, 0.15) is 41.1 Å². The van der Waals surface area contributed by atoms with Crippen molar-refractivity contribution in [2.24, 2.45) is 4.99 Å². The number of benzene rings is 2. The Kier molecular flexibility index (Phi) is 7.02. The van der Waals surface area contributed by atoms with Crippen molar-refractivity contribution in [2.75, 3.05) is 7.11 Å². The SMILES string of the molecule is CCCc1sc(=NC(=O)c2ccc(OC)c([N+](=O)[O-])c2)n(CC)c1-c1ccc(C)cc1. The summed E-state index contributed by atoms with van der Waals surface area (Å²) in [5.41, 5.74) is 3.23. The Morgan fingerprint density at radius 3 is 2.48 bits per heavy atom. The van der Waals surface area contributed by atoms with Gasteiger partial charge in [0.25, 0.3) is 5.91 Å². The van der Waals surface area contributed by atoms with Crippen LogP contribution in [-0.2, 0) is 13.0 Å². The van der Waals surface area contributed by atoms with Crippen molar-refractivity contribution in [3.63, 3.8) is 0 Å². The maximum absolute atomic E-state index is 12.9.